The van der Waals surface area contributed by atoms with E-state index in [1.807, 2.05) is 18.7 Å². The summed E-state index contributed by atoms with van der Waals surface area (Å²) >= 11 is 0. The van der Waals surface area contributed by atoms with Crippen molar-refractivity contribution in [3.05, 3.63) is 0 Å². The monoisotopic (exact) mass is 228 g/mol. The van der Waals surface area contributed by atoms with E-state index in [2.05, 4.69) is 0 Å². The number of carbonyl (C=O) groups is 1. The molecular formula is C12H24N2O2. The zero-order valence-corrected chi connectivity index (χ0v) is 10.4. The Labute approximate surface area is 98.1 Å². The van der Waals surface area contributed by atoms with Gasteiger partial charge in [-0.25, -0.2) is 0 Å². The van der Waals surface area contributed by atoms with Crippen molar-refractivity contribution in [1.29, 1.82) is 0 Å². The Morgan fingerprint density at radius 3 is 3.00 bits per heavy atom. The largest absolute Gasteiger partial charge is 0.377 e. The Hall–Kier alpha value is -0.610. The third kappa shape index (κ3) is 3.76. The topological polar surface area (TPSA) is 55.6 Å². The van der Waals surface area contributed by atoms with Gasteiger partial charge in [0.05, 0.1) is 6.10 Å². The van der Waals surface area contributed by atoms with Crippen molar-refractivity contribution >= 4 is 5.91 Å². The van der Waals surface area contributed by atoms with Crippen LogP contribution in [0.1, 0.15) is 33.1 Å². The van der Waals surface area contributed by atoms with Gasteiger partial charge in [0.25, 0.3) is 0 Å². The minimum atomic E-state index is 0.0926. The summed E-state index contributed by atoms with van der Waals surface area (Å²) in [6, 6.07) is 0. The number of likely N-dealkylation sites (tertiary alicyclic amines) is 1. The minimum Gasteiger partial charge on any atom is -0.377 e. The van der Waals surface area contributed by atoms with Gasteiger partial charge in [-0.3, -0.25) is 4.79 Å². The fourth-order valence-electron chi connectivity index (χ4n) is 2.16. The molecule has 94 valence electrons. The summed E-state index contributed by atoms with van der Waals surface area (Å²) in [5.41, 5.74) is 5.61. The minimum absolute atomic E-state index is 0.0926. The van der Waals surface area contributed by atoms with Crippen LogP contribution in [-0.2, 0) is 9.53 Å². The molecule has 1 saturated heterocycles. The summed E-state index contributed by atoms with van der Waals surface area (Å²) in [5, 5.41) is 0. The molecular weight excluding hydrogens is 204 g/mol. The van der Waals surface area contributed by atoms with Gasteiger partial charge in [-0.15, -0.1) is 0 Å². The first kappa shape index (κ1) is 13.5. The van der Waals surface area contributed by atoms with Gasteiger partial charge < -0.3 is 15.4 Å². The van der Waals surface area contributed by atoms with Gasteiger partial charge in [0.2, 0.25) is 5.91 Å². The molecule has 0 saturated carbocycles. The number of carbonyl (C=O) groups excluding carboxylic acids is 1. The molecule has 1 aliphatic rings. The molecule has 1 aliphatic heterocycles. The van der Waals surface area contributed by atoms with E-state index in [1.165, 1.54) is 0 Å². The normalized spacial score (nSPS) is 23.6. The fraction of sp³-hybridized carbons (Fsp3) is 0.917. The molecule has 0 aromatic heterocycles. The molecule has 4 heteroatoms. The van der Waals surface area contributed by atoms with Crippen LogP contribution in [0.3, 0.4) is 0 Å². The van der Waals surface area contributed by atoms with Gasteiger partial charge in [0, 0.05) is 32.2 Å². The molecule has 0 bridgehead atoms. The highest BCUT2D eigenvalue weighted by Crippen LogP contribution is 2.17. The Bertz CT molecular complexity index is 221. The summed E-state index contributed by atoms with van der Waals surface area (Å²) in [6.45, 7) is 6.88. The molecule has 1 fully saturated rings. The van der Waals surface area contributed by atoms with Crippen LogP contribution in [0, 0.1) is 5.92 Å². The molecule has 0 aromatic rings. The zero-order chi connectivity index (χ0) is 12.0. The van der Waals surface area contributed by atoms with Crippen molar-refractivity contribution < 1.29 is 9.53 Å². The number of hydrogen-bond acceptors (Lipinski definition) is 3. The molecule has 1 amide bonds. The zero-order valence-electron chi connectivity index (χ0n) is 10.4. The third-order valence-electron chi connectivity index (χ3n) is 3.18. The van der Waals surface area contributed by atoms with E-state index < -0.39 is 0 Å². The molecule has 2 unspecified atom stereocenters. The molecule has 2 N–H and O–H groups in total. The van der Waals surface area contributed by atoms with Crippen LogP contribution in [0.15, 0.2) is 0 Å². The lowest BCUT2D eigenvalue weighted by atomic mass is 9.99. The lowest BCUT2D eigenvalue weighted by Crippen LogP contribution is -2.42. The van der Waals surface area contributed by atoms with Crippen LogP contribution in [0.25, 0.3) is 0 Å². The highest BCUT2D eigenvalue weighted by Gasteiger charge is 2.25. The van der Waals surface area contributed by atoms with E-state index >= 15 is 0 Å². The SMILES string of the molecule is CCOC(CN)CCN1CCCC(C)C1=O. The van der Waals surface area contributed by atoms with Crippen LogP contribution in [0.4, 0.5) is 0 Å². The maximum Gasteiger partial charge on any atom is 0.225 e. The van der Waals surface area contributed by atoms with Crippen molar-refractivity contribution in [1.82, 2.24) is 4.90 Å². The second kappa shape index (κ2) is 6.86. The number of amides is 1. The van der Waals surface area contributed by atoms with Crippen molar-refractivity contribution in [3.8, 4) is 0 Å². The molecule has 0 aliphatic carbocycles. The Morgan fingerprint density at radius 2 is 2.38 bits per heavy atom. The molecule has 4 nitrogen and oxygen atoms in total. The Balaban J connectivity index is 2.32. The van der Waals surface area contributed by atoms with Gasteiger partial charge in [-0.05, 0) is 26.2 Å². The van der Waals surface area contributed by atoms with Gasteiger partial charge in [-0.1, -0.05) is 6.92 Å². The highest BCUT2D eigenvalue weighted by molar-refractivity contribution is 5.79. The number of hydrogen-bond donors (Lipinski definition) is 1. The standard InChI is InChI=1S/C12H24N2O2/c1-3-16-11(9-13)6-8-14-7-4-5-10(2)12(14)15/h10-11H,3-9,13H2,1-2H3. The molecule has 1 rings (SSSR count). The summed E-state index contributed by atoms with van der Waals surface area (Å²) in [5.74, 6) is 0.482. The van der Waals surface area contributed by atoms with E-state index in [4.69, 9.17) is 10.5 Å². The first-order valence-electron chi connectivity index (χ1n) is 6.29. The maximum absolute atomic E-state index is 11.8. The number of nitrogens with two attached hydrogens (primary N) is 1. The molecule has 1 heterocycles. The lowest BCUT2D eigenvalue weighted by Gasteiger charge is -2.31. The maximum atomic E-state index is 11.8. The van der Waals surface area contributed by atoms with Crippen LogP contribution in [-0.4, -0.2) is 43.2 Å². The van der Waals surface area contributed by atoms with E-state index in [9.17, 15) is 4.79 Å². The summed E-state index contributed by atoms with van der Waals surface area (Å²) in [7, 11) is 0. The second-order valence-electron chi connectivity index (χ2n) is 4.47. The number of nitrogens with zero attached hydrogens (tertiary/aromatic N) is 1. The summed E-state index contributed by atoms with van der Waals surface area (Å²) < 4.78 is 5.48. The average molecular weight is 228 g/mol. The predicted molar refractivity (Wildman–Crippen MR) is 64.1 cm³/mol. The number of ether oxygens (including phenoxy) is 1. The summed E-state index contributed by atoms with van der Waals surface area (Å²) in [4.78, 5) is 13.8. The summed E-state index contributed by atoms with van der Waals surface area (Å²) in [6.07, 6.45) is 3.09. The third-order valence-corrected chi connectivity index (χ3v) is 3.18. The van der Waals surface area contributed by atoms with E-state index in [1.54, 1.807) is 0 Å². The van der Waals surface area contributed by atoms with Gasteiger partial charge >= 0.3 is 0 Å². The van der Waals surface area contributed by atoms with E-state index in [0.717, 1.165) is 32.4 Å². The lowest BCUT2D eigenvalue weighted by molar-refractivity contribution is -0.138. The van der Waals surface area contributed by atoms with Crippen LogP contribution >= 0.6 is 0 Å². The Kier molecular flexibility index (Phi) is 5.77. The number of rotatable bonds is 6. The van der Waals surface area contributed by atoms with Crippen LogP contribution in [0.2, 0.25) is 0 Å². The van der Waals surface area contributed by atoms with E-state index in [-0.39, 0.29) is 12.0 Å². The molecule has 0 aromatic carbocycles. The first-order valence-corrected chi connectivity index (χ1v) is 6.29. The smallest absolute Gasteiger partial charge is 0.225 e. The van der Waals surface area contributed by atoms with Crippen molar-refractivity contribution in [3.63, 3.8) is 0 Å². The molecule has 0 radical (unpaired) electrons. The van der Waals surface area contributed by atoms with Crippen LogP contribution in [0.5, 0.6) is 0 Å². The van der Waals surface area contributed by atoms with Crippen molar-refractivity contribution in [2.24, 2.45) is 11.7 Å². The van der Waals surface area contributed by atoms with Crippen molar-refractivity contribution in [2.75, 3.05) is 26.2 Å². The molecule has 0 spiro atoms. The average Bonchev–Trinajstić information content (AvgIpc) is 2.29. The van der Waals surface area contributed by atoms with Gasteiger partial charge in [0.15, 0.2) is 0 Å². The fourth-order valence-corrected chi connectivity index (χ4v) is 2.16. The number of piperidine rings is 1. The highest BCUT2D eigenvalue weighted by atomic mass is 16.5. The van der Waals surface area contributed by atoms with Gasteiger partial charge in [-0.2, -0.15) is 0 Å². The molecule has 2 atom stereocenters. The van der Waals surface area contributed by atoms with Crippen LogP contribution < -0.4 is 5.73 Å². The second-order valence-corrected chi connectivity index (χ2v) is 4.47. The Morgan fingerprint density at radius 1 is 1.62 bits per heavy atom. The molecule has 16 heavy (non-hydrogen) atoms. The van der Waals surface area contributed by atoms with Crippen molar-refractivity contribution in [2.45, 2.75) is 39.2 Å². The first-order chi connectivity index (χ1) is 7.69. The predicted octanol–water partition coefficient (Wildman–Crippen LogP) is 0.999. The van der Waals surface area contributed by atoms with Gasteiger partial charge in [0.1, 0.15) is 0 Å². The quantitative estimate of drug-likeness (QED) is 0.738. The van der Waals surface area contributed by atoms with E-state index in [0.29, 0.717) is 19.1 Å².